The van der Waals surface area contributed by atoms with E-state index in [2.05, 4.69) is 5.32 Å². The summed E-state index contributed by atoms with van der Waals surface area (Å²) in [5.41, 5.74) is -2.22. The molecular weight excluding hydrogens is 434 g/mol. The third-order valence-electron chi connectivity index (χ3n) is 6.57. The minimum absolute atomic E-state index is 0.123. The molecule has 1 aromatic heterocycles. The van der Waals surface area contributed by atoms with Crippen molar-refractivity contribution in [1.29, 1.82) is 0 Å². The van der Waals surface area contributed by atoms with Gasteiger partial charge in [-0.1, -0.05) is 19.3 Å². The van der Waals surface area contributed by atoms with Crippen LogP contribution in [0.3, 0.4) is 0 Å². The van der Waals surface area contributed by atoms with Crippen molar-refractivity contribution >= 4 is 17.8 Å². The number of carbonyl (C=O) groups excluding carboxylic acids is 2. The number of hydrogen-bond donors (Lipinski definition) is 3. The van der Waals surface area contributed by atoms with E-state index in [1.807, 2.05) is 0 Å². The Morgan fingerprint density at radius 1 is 0.970 bits per heavy atom. The second-order valence-corrected chi connectivity index (χ2v) is 8.65. The number of esters is 1. The number of amides is 1. The van der Waals surface area contributed by atoms with Crippen LogP contribution in [0, 0.1) is 5.92 Å². The van der Waals surface area contributed by atoms with Gasteiger partial charge < -0.3 is 20.3 Å². The first kappa shape index (κ1) is 24.5. The molecule has 11 heteroatoms. The number of aromatic nitrogens is 2. The Bertz CT molecular complexity index is 1010. The number of nitrogens with one attached hydrogen (secondary N) is 1. The number of rotatable bonds is 7. The van der Waals surface area contributed by atoms with Gasteiger partial charge in [-0.05, 0) is 45.4 Å². The van der Waals surface area contributed by atoms with Crippen LogP contribution >= 0.6 is 0 Å². The zero-order valence-corrected chi connectivity index (χ0v) is 18.7. The highest BCUT2D eigenvalue weighted by Gasteiger charge is 2.34. The molecule has 182 valence electrons. The Kier molecular flexibility index (Phi) is 7.93. The Morgan fingerprint density at radius 2 is 1.58 bits per heavy atom. The minimum Gasteiger partial charge on any atom is -0.494 e. The first-order valence-corrected chi connectivity index (χ1v) is 11.5. The van der Waals surface area contributed by atoms with E-state index >= 15 is 0 Å². The van der Waals surface area contributed by atoms with E-state index in [0.29, 0.717) is 38.5 Å². The van der Waals surface area contributed by atoms with Crippen LogP contribution in [0.2, 0.25) is 0 Å². The number of aromatic hydroxyl groups is 1. The largest absolute Gasteiger partial charge is 0.494 e. The first-order valence-electron chi connectivity index (χ1n) is 11.5. The zero-order chi connectivity index (χ0) is 24.1. The highest BCUT2D eigenvalue weighted by molar-refractivity contribution is 5.97. The van der Waals surface area contributed by atoms with E-state index in [0.717, 1.165) is 28.4 Å². The average Bonchev–Trinajstić information content (AvgIpc) is 2.79. The number of ether oxygens (including phenoxy) is 1. The zero-order valence-electron chi connectivity index (χ0n) is 18.7. The van der Waals surface area contributed by atoms with Crippen LogP contribution < -0.4 is 16.6 Å². The van der Waals surface area contributed by atoms with Crippen molar-refractivity contribution in [3.63, 3.8) is 0 Å². The van der Waals surface area contributed by atoms with E-state index in [1.54, 1.807) is 6.92 Å². The molecule has 0 radical (unpaired) electrons. The van der Waals surface area contributed by atoms with Crippen molar-refractivity contribution in [1.82, 2.24) is 14.5 Å². The molecule has 0 aliphatic heterocycles. The van der Waals surface area contributed by atoms with Gasteiger partial charge >= 0.3 is 17.6 Å². The van der Waals surface area contributed by atoms with Crippen molar-refractivity contribution in [2.75, 3.05) is 13.2 Å². The maximum absolute atomic E-state index is 13.4. The third kappa shape index (κ3) is 5.28. The lowest BCUT2D eigenvalue weighted by molar-refractivity contribution is -0.143. The fourth-order valence-electron chi connectivity index (χ4n) is 4.85. The molecule has 0 saturated heterocycles. The highest BCUT2D eigenvalue weighted by Crippen LogP contribution is 2.33. The van der Waals surface area contributed by atoms with E-state index in [-0.39, 0.29) is 12.6 Å². The molecule has 2 aliphatic carbocycles. The van der Waals surface area contributed by atoms with Crippen LogP contribution in [0.1, 0.15) is 87.2 Å². The van der Waals surface area contributed by atoms with E-state index in [4.69, 9.17) is 4.74 Å². The van der Waals surface area contributed by atoms with Gasteiger partial charge in [-0.25, -0.2) is 4.79 Å². The molecule has 0 unspecified atom stereocenters. The molecule has 0 aromatic carbocycles. The van der Waals surface area contributed by atoms with Gasteiger partial charge in [0.25, 0.3) is 11.5 Å². The van der Waals surface area contributed by atoms with Gasteiger partial charge in [0.15, 0.2) is 5.56 Å². The van der Waals surface area contributed by atoms with Gasteiger partial charge in [0.2, 0.25) is 5.88 Å². The van der Waals surface area contributed by atoms with Gasteiger partial charge in [0.1, 0.15) is 6.54 Å². The fourth-order valence-corrected chi connectivity index (χ4v) is 4.85. The second-order valence-electron chi connectivity index (χ2n) is 8.65. The third-order valence-corrected chi connectivity index (χ3v) is 6.57. The van der Waals surface area contributed by atoms with Gasteiger partial charge in [0.05, 0.1) is 12.5 Å². The number of carbonyl (C=O) groups is 3. The molecule has 2 fully saturated rings. The topological polar surface area (TPSA) is 157 Å². The van der Waals surface area contributed by atoms with Crippen LogP contribution in [0.4, 0.5) is 0 Å². The molecule has 33 heavy (non-hydrogen) atoms. The van der Waals surface area contributed by atoms with Gasteiger partial charge in [-0.2, -0.15) is 0 Å². The summed E-state index contributed by atoms with van der Waals surface area (Å²) in [7, 11) is 0. The normalized spacial score (nSPS) is 21.4. The molecule has 2 saturated carbocycles. The average molecular weight is 466 g/mol. The van der Waals surface area contributed by atoms with Gasteiger partial charge in [-0.15, -0.1) is 0 Å². The quantitative estimate of drug-likeness (QED) is 0.509. The lowest BCUT2D eigenvalue weighted by Crippen LogP contribution is -2.48. The standard InChI is InChI=1S/C22H31N3O8/c1-2-33-16(26)12-23-18(27)17-19(28)24(14-6-4-3-5-7-14)22(32)25(20(17)29)15-10-8-13(9-11-15)21(30)31/h13-15,28H,2-12H2,1H3,(H,23,27)(H,30,31)/t13-,15+. The molecule has 11 nitrogen and oxygen atoms in total. The van der Waals surface area contributed by atoms with E-state index in [1.165, 1.54) is 0 Å². The molecule has 1 aromatic rings. The minimum atomic E-state index is -0.969. The van der Waals surface area contributed by atoms with E-state index < -0.39 is 59.0 Å². The van der Waals surface area contributed by atoms with Crippen LogP contribution in [0.25, 0.3) is 0 Å². The van der Waals surface area contributed by atoms with E-state index in [9.17, 15) is 34.2 Å². The van der Waals surface area contributed by atoms with Crippen molar-refractivity contribution < 1.29 is 29.3 Å². The van der Waals surface area contributed by atoms with Crippen LogP contribution in [-0.4, -0.2) is 50.3 Å². The number of nitrogens with zero attached hydrogens (tertiary/aromatic N) is 2. The Labute approximate surface area is 190 Å². The summed E-state index contributed by atoms with van der Waals surface area (Å²) in [4.78, 5) is 62.4. The van der Waals surface area contributed by atoms with Gasteiger partial charge in [0, 0.05) is 12.1 Å². The molecule has 0 bridgehead atoms. The summed E-state index contributed by atoms with van der Waals surface area (Å²) in [5, 5.41) is 22.4. The molecular formula is C22H31N3O8. The van der Waals surface area contributed by atoms with Crippen molar-refractivity contribution in [3.8, 4) is 5.88 Å². The van der Waals surface area contributed by atoms with Gasteiger partial charge in [-0.3, -0.25) is 28.3 Å². The number of hydrogen-bond acceptors (Lipinski definition) is 7. The summed E-state index contributed by atoms with van der Waals surface area (Å²) in [6.45, 7) is 1.25. The summed E-state index contributed by atoms with van der Waals surface area (Å²) < 4.78 is 6.89. The maximum Gasteiger partial charge on any atom is 0.334 e. The lowest BCUT2D eigenvalue weighted by atomic mass is 9.86. The number of carboxylic acids is 1. The molecule has 1 heterocycles. The summed E-state index contributed by atoms with van der Waals surface area (Å²) in [5.74, 6) is -3.82. The molecule has 3 N–H and O–H groups in total. The maximum atomic E-state index is 13.4. The Morgan fingerprint density at radius 3 is 2.15 bits per heavy atom. The second kappa shape index (κ2) is 10.7. The smallest absolute Gasteiger partial charge is 0.334 e. The summed E-state index contributed by atoms with van der Waals surface area (Å²) >= 11 is 0. The van der Waals surface area contributed by atoms with Crippen LogP contribution in [0.5, 0.6) is 5.88 Å². The monoisotopic (exact) mass is 465 g/mol. The predicted molar refractivity (Wildman–Crippen MR) is 116 cm³/mol. The fraction of sp³-hybridized carbons (Fsp3) is 0.682. The molecule has 3 rings (SSSR count). The van der Waals surface area contributed by atoms with Crippen molar-refractivity contribution in [3.05, 3.63) is 26.4 Å². The van der Waals surface area contributed by atoms with Crippen molar-refractivity contribution in [2.45, 2.75) is 76.8 Å². The highest BCUT2D eigenvalue weighted by atomic mass is 16.5. The number of carboxylic acid groups (broad SMARTS) is 1. The molecule has 1 amide bonds. The molecule has 0 spiro atoms. The van der Waals surface area contributed by atoms with Crippen LogP contribution in [0.15, 0.2) is 9.59 Å². The summed E-state index contributed by atoms with van der Waals surface area (Å²) in [6.07, 6.45) is 5.16. The number of aliphatic carboxylic acids is 1. The predicted octanol–water partition coefficient (Wildman–Crippen LogP) is 1.33. The SMILES string of the molecule is CCOC(=O)CNC(=O)c1c(O)n(C2CCCCC2)c(=O)n([C@H]2CC[C@@H](C(=O)O)CC2)c1=O. The Balaban J connectivity index is 2.03. The van der Waals surface area contributed by atoms with Crippen molar-refractivity contribution in [2.24, 2.45) is 5.92 Å². The summed E-state index contributed by atoms with van der Waals surface area (Å²) in [6, 6.07) is -0.933. The Hall–Kier alpha value is -3.11. The van der Waals surface area contributed by atoms with Crippen LogP contribution in [-0.2, 0) is 14.3 Å². The molecule has 0 atom stereocenters. The first-order chi connectivity index (χ1) is 15.8. The lowest BCUT2D eigenvalue weighted by Gasteiger charge is -2.30. The molecule has 2 aliphatic rings.